The van der Waals surface area contributed by atoms with Crippen LogP contribution >= 0.6 is 0 Å². The molecule has 0 heterocycles. The van der Waals surface area contributed by atoms with Crippen molar-refractivity contribution in [2.24, 2.45) is 0 Å². The van der Waals surface area contributed by atoms with Gasteiger partial charge in [0.25, 0.3) is 0 Å². The Labute approximate surface area is 247 Å². The van der Waals surface area contributed by atoms with Crippen LogP contribution in [-0.2, 0) is 26.9 Å². The summed E-state index contributed by atoms with van der Waals surface area (Å²) < 4.78 is 28.2. The highest BCUT2D eigenvalue weighted by atomic mass is 32.2. The van der Waals surface area contributed by atoms with E-state index in [2.05, 4.69) is 56.8 Å². The second-order valence-electron chi connectivity index (χ2n) is 9.93. The highest BCUT2D eigenvalue weighted by molar-refractivity contribution is 7.84. The van der Waals surface area contributed by atoms with Crippen molar-refractivity contribution >= 4 is 22.3 Å². The van der Waals surface area contributed by atoms with E-state index in [0.29, 0.717) is 25.4 Å². The Hall–Kier alpha value is -3.42. The van der Waals surface area contributed by atoms with Crippen LogP contribution in [0.5, 0.6) is 11.5 Å². The average Bonchev–Trinajstić information content (AvgIpc) is 3.24. The minimum atomic E-state index is -0.793. The molecule has 41 heavy (non-hydrogen) atoms. The van der Waals surface area contributed by atoms with Gasteiger partial charge >= 0.3 is 5.97 Å². The van der Waals surface area contributed by atoms with Gasteiger partial charge in [-0.25, -0.2) is 0 Å². The van der Waals surface area contributed by atoms with Gasteiger partial charge in [0.15, 0.2) is 0 Å². The molecule has 0 aromatic heterocycles. The molecule has 6 nitrogen and oxygen atoms in total. The smallest absolute Gasteiger partial charge is 0.306 e. The van der Waals surface area contributed by atoms with E-state index in [0.717, 1.165) is 63.3 Å². The molecule has 1 aliphatic carbocycles. The molecule has 0 aliphatic heterocycles. The Morgan fingerprint density at radius 2 is 1.71 bits per heavy atom. The number of esters is 1. The second kappa shape index (κ2) is 16.1. The fourth-order valence-electron chi connectivity index (χ4n) is 5.17. The Morgan fingerprint density at radius 3 is 2.37 bits per heavy atom. The summed E-state index contributed by atoms with van der Waals surface area (Å²) in [7, 11) is 0.630. The van der Waals surface area contributed by atoms with E-state index in [1.165, 1.54) is 12.7 Å². The molecule has 1 aliphatic rings. The Morgan fingerprint density at radius 1 is 1.00 bits per heavy atom. The van der Waals surface area contributed by atoms with Crippen LogP contribution in [0, 0.1) is 13.8 Å². The summed E-state index contributed by atoms with van der Waals surface area (Å²) in [5.74, 6) is 2.20. The summed E-state index contributed by atoms with van der Waals surface area (Å²) in [6, 6.07) is 18.6. The predicted octanol–water partition coefficient (Wildman–Crippen LogP) is 6.96. The van der Waals surface area contributed by atoms with Gasteiger partial charge in [0, 0.05) is 22.8 Å². The van der Waals surface area contributed by atoms with Crippen molar-refractivity contribution in [3.05, 3.63) is 89.0 Å². The summed E-state index contributed by atoms with van der Waals surface area (Å²) in [5.41, 5.74) is 8.94. The molecule has 4 rings (SSSR count). The molecule has 0 radical (unpaired) electrons. The number of hydrogen-bond donors (Lipinski definition) is 0. The fourth-order valence-corrected chi connectivity index (χ4v) is 5.69. The molecule has 222 valence electrons. The lowest BCUT2D eigenvalue weighted by molar-refractivity contribution is -0.141. The number of hydrogen-bond acceptors (Lipinski definition) is 5. The lowest BCUT2D eigenvalue weighted by Crippen LogP contribution is -2.06. The largest absolute Gasteiger partial charge is 0.494 e. The zero-order chi connectivity index (χ0) is 29.2. The van der Waals surface area contributed by atoms with Crippen LogP contribution in [0.4, 0.5) is 0 Å². The molecule has 0 spiro atoms. The van der Waals surface area contributed by atoms with Crippen molar-refractivity contribution in [2.75, 3.05) is 25.7 Å². The first-order valence-corrected chi connectivity index (χ1v) is 15.6. The van der Waals surface area contributed by atoms with Gasteiger partial charge in [-0.05, 0) is 107 Å². The minimum absolute atomic E-state index is 0. The summed E-state index contributed by atoms with van der Waals surface area (Å²) in [6.07, 6.45) is 3.62. The Kier molecular flexibility index (Phi) is 13.3. The second-order valence-corrected chi connectivity index (χ2v) is 11.5. The van der Waals surface area contributed by atoms with Gasteiger partial charge in [-0.15, -0.1) is 0 Å². The van der Waals surface area contributed by atoms with E-state index in [-0.39, 0.29) is 17.4 Å². The highest BCUT2D eigenvalue weighted by Crippen LogP contribution is 2.43. The monoisotopic (exact) mass is 580 g/mol. The standard InChI is InChI=1S/C32H36O5S.C2H6.H2O/c1-21-14-26(18-31(33)35-4)29-11-10-27(19-30(21)29)37-20-24-8-6-9-25(17-24)32-22(2)15-28(16-23(32)3)36-12-7-13-38(5)34;1-2;/h6,8-11,15-17,19,26H,1,7,12-14,18,20H2,2-5H3;1-2H3;1H2. The van der Waals surface area contributed by atoms with Gasteiger partial charge in [0.2, 0.25) is 0 Å². The van der Waals surface area contributed by atoms with E-state index in [4.69, 9.17) is 14.2 Å². The van der Waals surface area contributed by atoms with Crippen LogP contribution in [0.3, 0.4) is 0 Å². The minimum Gasteiger partial charge on any atom is -0.494 e. The third-order valence-corrected chi connectivity index (χ3v) is 7.81. The molecule has 0 saturated carbocycles. The molecule has 3 aromatic carbocycles. The third-order valence-electron chi connectivity index (χ3n) is 6.95. The number of carbonyl (C=O) groups is 1. The molecular weight excluding hydrogens is 536 g/mol. The van der Waals surface area contributed by atoms with Gasteiger partial charge < -0.3 is 19.7 Å². The number of fused-ring (bicyclic) bond motifs is 1. The SMILES string of the molecule is C=C1CC(CC(=O)OC)c2ccc(OCc3cccc(-c4c(C)cc(OCCCS(C)=O)cc4C)c3)cc21.CC.O. The maximum Gasteiger partial charge on any atom is 0.306 e. The lowest BCUT2D eigenvalue weighted by atomic mass is 9.94. The normalized spacial score (nSPS) is 14.2. The van der Waals surface area contributed by atoms with Crippen molar-refractivity contribution in [1.29, 1.82) is 0 Å². The molecule has 2 atom stereocenters. The van der Waals surface area contributed by atoms with E-state index in [9.17, 15) is 9.00 Å². The zero-order valence-electron chi connectivity index (χ0n) is 25.2. The number of rotatable bonds is 11. The first kappa shape index (κ1) is 33.8. The molecule has 2 unspecified atom stereocenters. The van der Waals surface area contributed by atoms with Crippen molar-refractivity contribution in [3.63, 3.8) is 0 Å². The first-order chi connectivity index (χ1) is 19.2. The molecule has 7 heteroatoms. The maximum atomic E-state index is 11.8. The molecule has 0 bridgehead atoms. The molecule has 3 aromatic rings. The summed E-state index contributed by atoms with van der Waals surface area (Å²) >= 11 is 0. The first-order valence-electron chi connectivity index (χ1n) is 13.9. The predicted molar refractivity (Wildman–Crippen MR) is 169 cm³/mol. The van der Waals surface area contributed by atoms with E-state index < -0.39 is 10.8 Å². The Bertz CT molecular complexity index is 1340. The topological polar surface area (TPSA) is 93.3 Å². The number of aryl methyl sites for hydroxylation is 2. The van der Waals surface area contributed by atoms with E-state index >= 15 is 0 Å². The number of ether oxygens (including phenoxy) is 3. The zero-order valence-corrected chi connectivity index (χ0v) is 26.0. The number of methoxy groups -OCH3 is 1. The van der Waals surface area contributed by atoms with Crippen molar-refractivity contribution in [1.82, 2.24) is 0 Å². The van der Waals surface area contributed by atoms with Crippen LogP contribution < -0.4 is 9.47 Å². The summed E-state index contributed by atoms with van der Waals surface area (Å²) in [4.78, 5) is 11.8. The van der Waals surface area contributed by atoms with Gasteiger partial charge in [0.05, 0.1) is 20.1 Å². The van der Waals surface area contributed by atoms with Crippen LogP contribution in [0.1, 0.15) is 66.8 Å². The van der Waals surface area contributed by atoms with Crippen LogP contribution in [0.15, 0.2) is 61.2 Å². The summed E-state index contributed by atoms with van der Waals surface area (Å²) in [5, 5.41) is 0. The van der Waals surface area contributed by atoms with Crippen molar-refractivity contribution in [2.45, 2.75) is 59.5 Å². The molecule has 0 saturated heterocycles. The van der Waals surface area contributed by atoms with Gasteiger partial charge in [0.1, 0.15) is 18.1 Å². The number of benzene rings is 3. The summed E-state index contributed by atoms with van der Waals surface area (Å²) in [6.45, 7) is 13.4. The molecular formula is C34H44O6S. The van der Waals surface area contributed by atoms with E-state index in [1.54, 1.807) is 6.26 Å². The van der Waals surface area contributed by atoms with Crippen LogP contribution in [0.25, 0.3) is 16.7 Å². The van der Waals surface area contributed by atoms with Gasteiger partial charge in [-0.3, -0.25) is 9.00 Å². The highest BCUT2D eigenvalue weighted by Gasteiger charge is 2.28. The third kappa shape index (κ3) is 9.03. The average molecular weight is 581 g/mol. The number of allylic oxidation sites excluding steroid dienone is 1. The van der Waals surface area contributed by atoms with Crippen LogP contribution in [-0.4, -0.2) is 41.4 Å². The van der Waals surface area contributed by atoms with Gasteiger partial charge in [-0.1, -0.05) is 44.7 Å². The molecule has 2 N–H and O–H groups in total. The van der Waals surface area contributed by atoms with Crippen molar-refractivity contribution in [3.8, 4) is 22.6 Å². The van der Waals surface area contributed by atoms with Gasteiger partial charge in [-0.2, -0.15) is 0 Å². The van der Waals surface area contributed by atoms with E-state index in [1.807, 2.05) is 32.0 Å². The maximum absolute atomic E-state index is 11.8. The number of carbonyl (C=O) groups excluding carboxylic acids is 1. The fraction of sp³-hybridized carbons (Fsp3) is 0.382. The van der Waals surface area contributed by atoms with Crippen molar-refractivity contribution < 1.29 is 28.7 Å². The molecule has 0 fully saturated rings. The lowest BCUT2D eigenvalue weighted by Gasteiger charge is -2.15. The Balaban J connectivity index is 0.00000192. The quantitative estimate of drug-likeness (QED) is 0.181. The molecule has 0 amide bonds. The van der Waals surface area contributed by atoms with Crippen LogP contribution in [0.2, 0.25) is 0 Å².